The minimum Gasteiger partial charge on any atom is -0.493 e. The fourth-order valence-corrected chi connectivity index (χ4v) is 2.40. The molecule has 0 saturated heterocycles. The molecule has 1 aliphatic rings. The smallest absolute Gasteiger partial charge is 0.123 e. The van der Waals surface area contributed by atoms with E-state index in [1.54, 1.807) is 0 Å². The number of hydrogen-bond acceptors (Lipinski definition) is 2. The van der Waals surface area contributed by atoms with Gasteiger partial charge in [0.2, 0.25) is 0 Å². The van der Waals surface area contributed by atoms with Gasteiger partial charge in [0.15, 0.2) is 0 Å². The van der Waals surface area contributed by atoms with Crippen LogP contribution in [-0.2, 0) is 6.54 Å². The molecule has 0 aromatic heterocycles. The summed E-state index contributed by atoms with van der Waals surface area (Å²) >= 11 is 0. The van der Waals surface area contributed by atoms with E-state index in [4.69, 9.17) is 4.74 Å². The average molecular weight is 275 g/mol. The van der Waals surface area contributed by atoms with Crippen molar-refractivity contribution >= 4 is 0 Å². The number of para-hydroxylation sites is 1. The van der Waals surface area contributed by atoms with Gasteiger partial charge in [0.05, 0.1) is 6.61 Å². The van der Waals surface area contributed by atoms with Gasteiger partial charge in [-0.1, -0.05) is 57.2 Å². The van der Waals surface area contributed by atoms with Crippen molar-refractivity contribution in [3.8, 4) is 5.75 Å². The van der Waals surface area contributed by atoms with Gasteiger partial charge in [0.25, 0.3) is 0 Å². The molecule has 1 N–H and O–H groups in total. The topological polar surface area (TPSA) is 21.3 Å². The lowest BCUT2D eigenvalue weighted by Crippen LogP contribution is -2.16. The van der Waals surface area contributed by atoms with Gasteiger partial charge in [-0.25, -0.2) is 0 Å². The summed E-state index contributed by atoms with van der Waals surface area (Å²) in [7, 11) is 0. The largest absolute Gasteiger partial charge is 0.493 e. The van der Waals surface area contributed by atoms with Crippen LogP contribution in [0.3, 0.4) is 0 Å². The molecule has 0 spiro atoms. The van der Waals surface area contributed by atoms with Gasteiger partial charge in [-0.2, -0.15) is 0 Å². The lowest BCUT2D eigenvalue weighted by Gasteiger charge is -2.12. The van der Waals surface area contributed by atoms with Crippen LogP contribution in [0.15, 0.2) is 24.3 Å². The van der Waals surface area contributed by atoms with E-state index < -0.39 is 0 Å². The Kier molecular flexibility index (Phi) is 6.93. The van der Waals surface area contributed by atoms with Crippen molar-refractivity contribution < 1.29 is 4.74 Å². The van der Waals surface area contributed by atoms with Crippen LogP contribution in [0.25, 0.3) is 0 Å². The second-order valence-corrected chi connectivity index (χ2v) is 5.88. The van der Waals surface area contributed by atoms with E-state index in [9.17, 15) is 0 Å². The quantitative estimate of drug-likeness (QED) is 0.592. The lowest BCUT2D eigenvalue weighted by molar-refractivity contribution is 0.300. The van der Waals surface area contributed by atoms with E-state index in [0.717, 1.165) is 24.9 Å². The van der Waals surface area contributed by atoms with Gasteiger partial charge in [0.1, 0.15) is 5.75 Å². The third kappa shape index (κ3) is 5.96. The summed E-state index contributed by atoms with van der Waals surface area (Å²) in [5.74, 6) is 1.06. The Labute approximate surface area is 123 Å². The second-order valence-electron chi connectivity index (χ2n) is 5.88. The van der Waals surface area contributed by atoms with Crippen molar-refractivity contribution in [2.45, 2.75) is 70.9 Å². The molecular formula is C18H29NO. The minimum absolute atomic E-state index is 0.752. The SMILES string of the molecule is CCCCCCCCOc1ccccc1CNC1CC1. The van der Waals surface area contributed by atoms with E-state index in [1.807, 2.05) is 0 Å². The molecule has 0 atom stereocenters. The second kappa shape index (κ2) is 9.02. The Balaban J connectivity index is 1.63. The predicted octanol–water partition coefficient (Wildman–Crippen LogP) is 4.68. The van der Waals surface area contributed by atoms with Crippen LogP contribution in [0.4, 0.5) is 0 Å². The maximum atomic E-state index is 5.96. The standard InChI is InChI=1S/C18H29NO/c1-2-3-4-5-6-9-14-20-18-11-8-7-10-16(18)15-19-17-12-13-17/h7-8,10-11,17,19H,2-6,9,12-15H2,1H3. The lowest BCUT2D eigenvalue weighted by atomic mass is 10.1. The molecule has 0 radical (unpaired) electrons. The predicted molar refractivity (Wildman–Crippen MR) is 85.2 cm³/mol. The van der Waals surface area contributed by atoms with Crippen LogP contribution >= 0.6 is 0 Å². The van der Waals surface area contributed by atoms with Crippen molar-refractivity contribution in [3.63, 3.8) is 0 Å². The molecule has 1 aromatic rings. The number of hydrogen-bond donors (Lipinski definition) is 1. The number of nitrogens with one attached hydrogen (secondary N) is 1. The highest BCUT2D eigenvalue weighted by Gasteiger charge is 2.20. The molecule has 112 valence electrons. The van der Waals surface area contributed by atoms with E-state index in [-0.39, 0.29) is 0 Å². The molecule has 20 heavy (non-hydrogen) atoms. The molecule has 1 aliphatic carbocycles. The van der Waals surface area contributed by atoms with Crippen LogP contribution in [0, 0.1) is 0 Å². The van der Waals surface area contributed by atoms with E-state index in [1.165, 1.54) is 56.9 Å². The van der Waals surface area contributed by atoms with Gasteiger partial charge >= 0.3 is 0 Å². The molecule has 2 nitrogen and oxygen atoms in total. The number of benzene rings is 1. The molecule has 0 aliphatic heterocycles. The number of unbranched alkanes of at least 4 members (excludes halogenated alkanes) is 5. The monoisotopic (exact) mass is 275 g/mol. The van der Waals surface area contributed by atoms with Crippen molar-refractivity contribution in [1.29, 1.82) is 0 Å². The average Bonchev–Trinajstić information content (AvgIpc) is 3.29. The first-order chi connectivity index (χ1) is 9.90. The highest BCUT2D eigenvalue weighted by Crippen LogP contribution is 2.22. The van der Waals surface area contributed by atoms with Gasteiger partial charge in [-0.3, -0.25) is 0 Å². The fourth-order valence-electron chi connectivity index (χ4n) is 2.40. The van der Waals surface area contributed by atoms with Crippen molar-refractivity contribution in [3.05, 3.63) is 29.8 Å². The summed E-state index contributed by atoms with van der Waals surface area (Å²) in [5.41, 5.74) is 1.30. The summed E-state index contributed by atoms with van der Waals surface area (Å²) < 4.78 is 5.96. The molecule has 1 aromatic carbocycles. The number of rotatable bonds is 11. The zero-order valence-corrected chi connectivity index (χ0v) is 12.9. The van der Waals surface area contributed by atoms with E-state index >= 15 is 0 Å². The molecule has 0 unspecified atom stereocenters. The highest BCUT2D eigenvalue weighted by molar-refractivity contribution is 5.33. The molecule has 2 rings (SSSR count). The van der Waals surface area contributed by atoms with E-state index in [2.05, 4.69) is 36.5 Å². The molecular weight excluding hydrogens is 246 g/mol. The third-order valence-electron chi connectivity index (χ3n) is 3.89. The first-order valence-electron chi connectivity index (χ1n) is 8.34. The summed E-state index contributed by atoms with van der Waals surface area (Å²) in [4.78, 5) is 0. The Morgan fingerprint density at radius 3 is 2.60 bits per heavy atom. The normalized spacial score (nSPS) is 14.4. The maximum Gasteiger partial charge on any atom is 0.123 e. The van der Waals surface area contributed by atoms with Crippen LogP contribution in [0.2, 0.25) is 0 Å². The van der Waals surface area contributed by atoms with Gasteiger partial charge in [-0.05, 0) is 25.3 Å². The summed E-state index contributed by atoms with van der Waals surface area (Å²) in [6.45, 7) is 4.06. The molecule has 0 bridgehead atoms. The van der Waals surface area contributed by atoms with Crippen LogP contribution in [0.5, 0.6) is 5.75 Å². The Morgan fingerprint density at radius 1 is 1.05 bits per heavy atom. The van der Waals surface area contributed by atoms with Crippen molar-refractivity contribution in [1.82, 2.24) is 5.32 Å². The zero-order chi connectivity index (χ0) is 14.0. The molecule has 0 heterocycles. The molecule has 1 saturated carbocycles. The van der Waals surface area contributed by atoms with Crippen LogP contribution in [-0.4, -0.2) is 12.6 Å². The maximum absolute atomic E-state index is 5.96. The third-order valence-corrected chi connectivity index (χ3v) is 3.89. The van der Waals surface area contributed by atoms with Crippen molar-refractivity contribution in [2.24, 2.45) is 0 Å². The Hall–Kier alpha value is -1.02. The summed E-state index contributed by atoms with van der Waals surface area (Å²) in [6.07, 6.45) is 10.5. The summed E-state index contributed by atoms with van der Waals surface area (Å²) in [5, 5.41) is 3.56. The van der Waals surface area contributed by atoms with Gasteiger partial charge in [-0.15, -0.1) is 0 Å². The van der Waals surface area contributed by atoms with Gasteiger partial charge in [0, 0.05) is 18.2 Å². The zero-order valence-electron chi connectivity index (χ0n) is 12.9. The van der Waals surface area contributed by atoms with Crippen LogP contribution < -0.4 is 10.1 Å². The van der Waals surface area contributed by atoms with Gasteiger partial charge < -0.3 is 10.1 Å². The molecule has 2 heteroatoms. The highest BCUT2D eigenvalue weighted by atomic mass is 16.5. The van der Waals surface area contributed by atoms with Crippen molar-refractivity contribution in [2.75, 3.05) is 6.61 Å². The number of ether oxygens (including phenoxy) is 1. The first kappa shape index (κ1) is 15.4. The molecule has 1 fully saturated rings. The first-order valence-corrected chi connectivity index (χ1v) is 8.34. The minimum atomic E-state index is 0.752. The Bertz CT molecular complexity index is 373. The Morgan fingerprint density at radius 2 is 1.80 bits per heavy atom. The van der Waals surface area contributed by atoms with E-state index in [0.29, 0.717) is 0 Å². The summed E-state index contributed by atoms with van der Waals surface area (Å²) in [6, 6.07) is 9.19. The fraction of sp³-hybridized carbons (Fsp3) is 0.667. The van der Waals surface area contributed by atoms with Crippen LogP contribution in [0.1, 0.15) is 63.9 Å². The molecule has 0 amide bonds.